The molecule has 7 heteroatoms. The van der Waals surface area contributed by atoms with Crippen LogP contribution in [0.3, 0.4) is 0 Å². The maximum atomic E-state index is 13.5. The molecule has 1 aromatic heterocycles. The van der Waals surface area contributed by atoms with Gasteiger partial charge in [-0.25, -0.2) is 14.4 Å². The summed E-state index contributed by atoms with van der Waals surface area (Å²) < 4.78 is 13.5. The maximum absolute atomic E-state index is 13.5. The molecular formula is C23H26ClFN4S. The molecule has 1 aliphatic carbocycles. The van der Waals surface area contributed by atoms with E-state index in [-0.39, 0.29) is 5.02 Å². The highest BCUT2D eigenvalue weighted by Crippen LogP contribution is 2.34. The molecule has 0 amide bonds. The maximum Gasteiger partial charge on any atom is 0.141 e. The van der Waals surface area contributed by atoms with Crippen LogP contribution in [-0.2, 0) is 6.42 Å². The summed E-state index contributed by atoms with van der Waals surface area (Å²) in [5, 5.41) is 7.74. The summed E-state index contributed by atoms with van der Waals surface area (Å²) in [6.07, 6.45) is 9.72. The van der Waals surface area contributed by atoms with E-state index in [1.54, 1.807) is 30.2 Å². The molecule has 0 unspecified atom stereocenters. The van der Waals surface area contributed by atoms with E-state index in [4.69, 9.17) is 11.6 Å². The van der Waals surface area contributed by atoms with Crippen molar-refractivity contribution in [1.82, 2.24) is 15.3 Å². The lowest BCUT2D eigenvalue weighted by molar-refractivity contribution is 0.299. The monoisotopic (exact) mass is 444 g/mol. The van der Waals surface area contributed by atoms with Crippen molar-refractivity contribution in [3.63, 3.8) is 0 Å². The van der Waals surface area contributed by atoms with Crippen LogP contribution in [-0.4, -0.2) is 29.3 Å². The van der Waals surface area contributed by atoms with Gasteiger partial charge in [-0.1, -0.05) is 11.6 Å². The van der Waals surface area contributed by atoms with Gasteiger partial charge in [-0.15, -0.1) is 11.8 Å². The Morgan fingerprint density at radius 3 is 2.63 bits per heavy atom. The zero-order valence-corrected chi connectivity index (χ0v) is 18.8. The molecule has 0 atom stereocenters. The molecule has 0 radical (unpaired) electrons. The molecular weight excluding hydrogens is 419 g/mol. The number of benzene rings is 2. The highest BCUT2D eigenvalue weighted by molar-refractivity contribution is 7.98. The molecule has 4 rings (SSSR count). The Kier molecular flexibility index (Phi) is 6.76. The molecule has 0 saturated heterocycles. The predicted octanol–water partition coefficient (Wildman–Crippen LogP) is 6.21. The summed E-state index contributed by atoms with van der Waals surface area (Å²) in [4.78, 5) is 10.2. The normalized spacial score (nSPS) is 19.2. The van der Waals surface area contributed by atoms with Crippen molar-refractivity contribution in [3.8, 4) is 0 Å². The van der Waals surface area contributed by atoms with Crippen LogP contribution in [0.15, 0.2) is 41.6 Å². The number of rotatable bonds is 6. The second-order valence-corrected chi connectivity index (χ2v) is 9.12. The summed E-state index contributed by atoms with van der Waals surface area (Å²) >= 11 is 7.70. The summed E-state index contributed by atoms with van der Waals surface area (Å²) in [5.74, 6) is 0.972. The number of nitrogens with zero attached hydrogens (tertiary/aromatic N) is 2. The number of anilines is 2. The lowest BCUT2D eigenvalue weighted by atomic mass is 9.82. The van der Waals surface area contributed by atoms with Crippen LogP contribution >= 0.6 is 23.4 Å². The van der Waals surface area contributed by atoms with Gasteiger partial charge in [0.25, 0.3) is 0 Å². The van der Waals surface area contributed by atoms with E-state index in [9.17, 15) is 4.39 Å². The van der Waals surface area contributed by atoms with E-state index < -0.39 is 5.82 Å². The van der Waals surface area contributed by atoms with Gasteiger partial charge in [0.2, 0.25) is 0 Å². The van der Waals surface area contributed by atoms with Crippen molar-refractivity contribution in [2.24, 2.45) is 5.92 Å². The van der Waals surface area contributed by atoms with E-state index >= 15 is 0 Å². The minimum Gasteiger partial charge on any atom is -0.340 e. The quantitative estimate of drug-likeness (QED) is 0.443. The first-order chi connectivity index (χ1) is 14.6. The molecule has 1 heterocycles. The Morgan fingerprint density at radius 1 is 1.13 bits per heavy atom. The van der Waals surface area contributed by atoms with E-state index in [0.29, 0.717) is 23.5 Å². The fraction of sp³-hybridized carbons (Fsp3) is 0.391. The molecule has 30 heavy (non-hydrogen) atoms. The highest BCUT2D eigenvalue weighted by atomic mass is 35.5. The Hall–Kier alpha value is -1.89. The minimum absolute atomic E-state index is 0.0842. The third-order valence-corrected chi connectivity index (χ3v) is 7.09. The molecule has 0 spiro atoms. The summed E-state index contributed by atoms with van der Waals surface area (Å²) in [6.45, 7) is 0. The number of thioether (sulfide) groups is 1. The Morgan fingerprint density at radius 2 is 1.93 bits per heavy atom. The molecule has 1 saturated carbocycles. The lowest BCUT2D eigenvalue weighted by Gasteiger charge is -2.28. The first kappa shape index (κ1) is 21.3. The van der Waals surface area contributed by atoms with Crippen molar-refractivity contribution in [3.05, 3.63) is 53.1 Å². The SMILES string of the molecule is CNC1CCC(Cc2cc3c(Nc4ccc(F)c(Cl)c4)ncnc3cc2SC)CC1. The van der Waals surface area contributed by atoms with E-state index in [1.807, 2.05) is 0 Å². The largest absolute Gasteiger partial charge is 0.340 e. The van der Waals surface area contributed by atoms with Crippen molar-refractivity contribution in [2.75, 3.05) is 18.6 Å². The minimum atomic E-state index is -0.436. The zero-order chi connectivity index (χ0) is 21.1. The van der Waals surface area contributed by atoms with Crippen molar-refractivity contribution < 1.29 is 4.39 Å². The molecule has 1 aliphatic rings. The summed E-state index contributed by atoms with van der Waals surface area (Å²) in [6, 6.07) is 9.61. The number of fused-ring (bicyclic) bond motifs is 1. The third kappa shape index (κ3) is 4.71. The number of hydrogen-bond donors (Lipinski definition) is 2. The molecule has 158 valence electrons. The van der Waals surface area contributed by atoms with Crippen LogP contribution in [0.2, 0.25) is 5.02 Å². The van der Waals surface area contributed by atoms with Crippen LogP contribution in [0.4, 0.5) is 15.9 Å². The number of halogens is 2. The smallest absolute Gasteiger partial charge is 0.141 e. The third-order valence-electron chi connectivity index (χ3n) is 5.98. The number of hydrogen-bond acceptors (Lipinski definition) is 5. The van der Waals surface area contributed by atoms with Crippen LogP contribution in [0.1, 0.15) is 31.2 Å². The van der Waals surface area contributed by atoms with E-state index in [1.165, 1.54) is 42.2 Å². The molecule has 1 fully saturated rings. The average Bonchev–Trinajstić information content (AvgIpc) is 2.77. The molecule has 4 nitrogen and oxygen atoms in total. The lowest BCUT2D eigenvalue weighted by Crippen LogP contribution is -2.30. The molecule has 3 aromatic rings. The standard InChI is InChI=1S/C23H26ClFN4S/c1-26-16-5-3-14(4-6-16)9-15-10-18-21(12-22(15)30-2)27-13-28-23(18)29-17-7-8-20(25)19(24)11-17/h7-8,10-14,16,26H,3-6,9H2,1-2H3,(H,27,28,29). The van der Waals surface area contributed by atoms with Gasteiger partial charge in [-0.2, -0.15) is 0 Å². The first-order valence-corrected chi connectivity index (χ1v) is 11.9. The van der Waals surface area contributed by atoms with Gasteiger partial charge in [0.1, 0.15) is 18.0 Å². The fourth-order valence-electron chi connectivity index (χ4n) is 4.25. The topological polar surface area (TPSA) is 49.8 Å². The molecule has 2 aromatic carbocycles. The van der Waals surface area contributed by atoms with Gasteiger partial charge in [0.15, 0.2) is 0 Å². The highest BCUT2D eigenvalue weighted by Gasteiger charge is 2.21. The van der Waals surface area contributed by atoms with Gasteiger partial charge >= 0.3 is 0 Å². The molecule has 2 N–H and O–H groups in total. The van der Waals surface area contributed by atoms with Crippen molar-refractivity contribution >= 4 is 45.8 Å². The van der Waals surface area contributed by atoms with Gasteiger partial charge in [-0.3, -0.25) is 0 Å². The van der Waals surface area contributed by atoms with Crippen LogP contribution in [0.5, 0.6) is 0 Å². The van der Waals surface area contributed by atoms with E-state index in [2.05, 4.69) is 46.0 Å². The van der Waals surface area contributed by atoms with Gasteiger partial charge in [0.05, 0.1) is 10.5 Å². The first-order valence-electron chi connectivity index (χ1n) is 10.3. The van der Waals surface area contributed by atoms with Crippen LogP contribution in [0.25, 0.3) is 10.9 Å². The number of nitrogens with one attached hydrogen (secondary N) is 2. The van der Waals surface area contributed by atoms with Gasteiger partial charge < -0.3 is 10.6 Å². The van der Waals surface area contributed by atoms with Crippen LogP contribution < -0.4 is 10.6 Å². The van der Waals surface area contributed by atoms with Gasteiger partial charge in [0, 0.05) is 22.0 Å². The number of aromatic nitrogens is 2. The molecule has 0 aliphatic heterocycles. The summed E-state index contributed by atoms with van der Waals surface area (Å²) in [7, 11) is 2.06. The Bertz CT molecular complexity index is 1040. The fourth-order valence-corrected chi connectivity index (χ4v) is 5.07. The Balaban J connectivity index is 1.64. The van der Waals surface area contributed by atoms with Crippen LogP contribution in [0, 0.1) is 11.7 Å². The van der Waals surface area contributed by atoms with Crippen molar-refractivity contribution in [2.45, 2.75) is 43.0 Å². The molecule has 0 bridgehead atoms. The zero-order valence-electron chi connectivity index (χ0n) is 17.2. The Labute approximate surface area is 186 Å². The van der Waals surface area contributed by atoms with E-state index in [0.717, 1.165) is 17.3 Å². The second kappa shape index (κ2) is 9.50. The predicted molar refractivity (Wildman–Crippen MR) is 125 cm³/mol. The van der Waals surface area contributed by atoms with Gasteiger partial charge in [-0.05, 0) is 87.2 Å². The second-order valence-electron chi connectivity index (χ2n) is 7.87. The van der Waals surface area contributed by atoms with Crippen molar-refractivity contribution in [1.29, 1.82) is 0 Å². The summed E-state index contributed by atoms with van der Waals surface area (Å²) in [5.41, 5.74) is 2.94. The average molecular weight is 445 g/mol.